The molecule has 1 N–H and O–H groups in total. The minimum absolute atomic E-state index is 0.0854. The molecule has 8 heteroatoms. The molecule has 1 unspecified atom stereocenters. The smallest absolute Gasteiger partial charge is 0.336 e. The lowest BCUT2D eigenvalue weighted by atomic mass is 10.2. The van der Waals surface area contributed by atoms with Crippen molar-refractivity contribution in [3.05, 3.63) is 77.3 Å². The summed E-state index contributed by atoms with van der Waals surface area (Å²) in [6.07, 6.45) is 4.83. The molecule has 0 aliphatic carbocycles. The molecule has 8 nitrogen and oxygen atoms in total. The van der Waals surface area contributed by atoms with Crippen molar-refractivity contribution in [1.82, 2.24) is 25.1 Å². The Morgan fingerprint density at radius 2 is 2.14 bits per heavy atom. The number of nitrogens with zero attached hydrogens (tertiary/aromatic N) is 4. The summed E-state index contributed by atoms with van der Waals surface area (Å²) >= 11 is 0. The second kappa shape index (κ2) is 8.01. The molecule has 28 heavy (non-hydrogen) atoms. The fraction of sp³-hybridized carbons (Fsp3) is 0.200. The van der Waals surface area contributed by atoms with Crippen molar-refractivity contribution in [3.63, 3.8) is 0 Å². The van der Waals surface area contributed by atoms with Crippen LogP contribution in [0.4, 0.5) is 0 Å². The molecule has 0 aliphatic heterocycles. The quantitative estimate of drug-likeness (QED) is 0.494. The van der Waals surface area contributed by atoms with Gasteiger partial charge in [0.1, 0.15) is 30.6 Å². The number of aromatic nitrogens is 4. The number of hydrogen-bond donors (Lipinski definition) is 1. The van der Waals surface area contributed by atoms with Gasteiger partial charge >= 0.3 is 5.63 Å². The monoisotopic (exact) mass is 377 g/mol. The highest BCUT2D eigenvalue weighted by atomic mass is 16.5. The first-order chi connectivity index (χ1) is 13.7. The lowest BCUT2D eigenvalue weighted by Gasteiger charge is -2.16. The van der Waals surface area contributed by atoms with Crippen LogP contribution in [0.5, 0.6) is 5.75 Å². The molecule has 0 aliphatic rings. The molecule has 0 radical (unpaired) electrons. The molecule has 3 aromatic heterocycles. The third-order valence-electron chi connectivity index (χ3n) is 4.24. The van der Waals surface area contributed by atoms with Gasteiger partial charge in [-0.05, 0) is 31.2 Å². The molecule has 1 atom stereocenters. The molecule has 0 saturated carbocycles. The van der Waals surface area contributed by atoms with E-state index in [0.717, 1.165) is 16.8 Å². The van der Waals surface area contributed by atoms with Crippen molar-refractivity contribution < 1.29 is 9.15 Å². The van der Waals surface area contributed by atoms with E-state index in [9.17, 15) is 4.79 Å². The third-order valence-corrected chi connectivity index (χ3v) is 4.24. The van der Waals surface area contributed by atoms with Crippen LogP contribution in [0.3, 0.4) is 0 Å². The number of fused-ring (bicyclic) bond motifs is 1. The summed E-state index contributed by atoms with van der Waals surface area (Å²) in [5.41, 5.74) is 1.14. The van der Waals surface area contributed by atoms with Gasteiger partial charge < -0.3 is 14.5 Å². The van der Waals surface area contributed by atoms with Crippen LogP contribution >= 0.6 is 0 Å². The Hall–Kier alpha value is -3.52. The molecule has 4 rings (SSSR count). The van der Waals surface area contributed by atoms with Gasteiger partial charge in [-0.3, -0.25) is 0 Å². The normalized spacial score (nSPS) is 12.2. The van der Waals surface area contributed by atoms with Crippen molar-refractivity contribution in [3.8, 4) is 11.6 Å². The van der Waals surface area contributed by atoms with Crippen LogP contribution in [0.2, 0.25) is 0 Å². The van der Waals surface area contributed by atoms with Crippen molar-refractivity contribution in [2.24, 2.45) is 0 Å². The molecule has 142 valence electrons. The SMILES string of the molecule is CC(COc1ccc2ccc(=O)oc2c1)NCc1cccnc1-n1cncn1. The second-order valence-corrected chi connectivity index (χ2v) is 6.37. The first-order valence-corrected chi connectivity index (χ1v) is 8.88. The van der Waals surface area contributed by atoms with E-state index >= 15 is 0 Å². The maximum atomic E-state index is 11.4. The number of pyridine rings is 1. The van der Waals surface area contributed by atoms with E-state index < -0.39 is 0 Å². The van der Waals surface area contributed by atoms with Crippen LogP contribution in [0.25, 0.3) is 16.8 Å². The Labute approximate surface area is 160 Å². The van der Waals surface area contributed by atoms with Gasteiger partial charge in [0.05, 0.1) is 0 Å². The predicted octanol–water partition coefficient (Wildman–Crippen LogP) is 2.33. The van der Waals surface area contributed by atoms with E-state index in [0.29, 0.717) is 24.5 Å². The maximum Gasteiger partial charge on any atom is 0.336 e. The zero-order valence-electron chi connectivity index (χ0n) is 15.3. The Bertz CT molecular complexity index is 1120. The average molecular weight is 377 g/mol. The zero-order chi connectivity index (χ0) is 19.3. The third kappa shape index (κ3) is 4.07. The van der Waals surface area contributed by atoms with Crippen LogP contribution < -0.4 is 15.7 Å². The highest BCUT2D eigenvalue weighted by Gasteiger charge is 2.09. The van der Waals surface area contributed by atoms with Crippen molar-refractivity contribution in [2.45, 2.75) is 19.5 Å². The second-order valence-electron chi connectivity index (χ2n) is 6.37. The fourth-order valence-electron chi connectivity index (χ4n) is 2.79. The molecule has 3 heterocycles. The van der Waals surface area contributed by atoms with E-state index in [1.165, 1.54) is 12.4 Å². The van der Waals surface area contributed by atoms with E-state index in [1.54, 1.807) is 29.3 Å². The van der Waals surface area contributed by atoms with Gasteiger partial charge in [-0.1, -0.05) is 6.07 Å². The summed E-state index contributed by atoms with van der Waals surface area (Å²) < 4.78 is 12.7. The molecule has 0 saturated heterocycles. The van der Waals surface area contributed by atoms with E-state index in [2.05, 4.69) is 20.4 Å². The largest absolute Gasteiger partial charge is 0.492 e. The van der Waals surface area contributed by atoms with Gasteiger partial charge in [0.25, 0.3) is 0 Å². The zero-order valence-corrected chi connectivity index (χ0v) is 15.3. The molecular weight excluding hydrogens is 358 g/mol. The van der Waals surface area contributed by atoms with E-state index in [1.807, 2.05) is 31.2 Å². The first-order valence-electron chi connectivity index (χ1n) is 8.88. The maximum absolute atomic E-state index is 11.4. The van der Waals surface area contributed by atoms with E-state index in [-0.39, 0.29) is 11.7 Å². The Morgan fingerprint density at radius 3 is 3.00 bits per heavy atom. The van der Waals surface area contributed by atoms with Gasteiger partial charge in [0, 0.05) is 41.9 Å². The molecular formula is C20H19N5O3. The van der Waals surface area contributed by atoms with E-state index in [4.69, 9.17) is 9.15 Å². The summed E-state index contributed by atoms with van der Waals surface area (Å²) in [6, 6.07) is 12.6. The van der Waals surface area contributed by atoms with Crippen LogP contribution in [0, 0.1) is 0 Å². The minimum Gasteiger partial charge on any atom is -0.492 e. The Kier molecular flexibility index (Phi) is 5.11. The molecule has 0 fully saturated rings. The van der Waals surface area contributed by atoms with Gasteiger partial charge in [0.15, 0.2) is 5.82 Å². The van der Waals surface area contributed by atoms with Crippen molar-refractivity contribution in [2.75, 3.05) is 6.61 Å². The Balaban J connectivity index is 1.37. The highest BCUT2D eigenvalue weighted by molar-refractivity contribution is 5.77. The van der Waals surface area contributed by atoms with Crippen molar-refractivity contribution in [1.29, 1.82) is 0 Å². The molecule has 0 amide bonds. The molecule has 0 spiro atoms. The molecule has 1 aromatic carbocycles. The average Bonchev–Trinajstić information content (AvgIpc) is 3.25. The minimum atomic E-state index is -0.376. The number of rotatable bonds is 7. The number of hydrogen-bond acceptors (Lipinski definition) is 7. The predicted molar refractivity (Wildman–Crippen MR) is 103 cm³/mol. The standard InChI is InChI=1S/C20H19N5O3/c1-14(11-27-17-6-4-15-5-7-19(26)28-18(15)9-17)23-10-16-3-2-8-22-20(16)25-13-21-12-24-25/h2-9,12-14,23H,10-11H2,1H3. The first kappa shape index (κ1) is 17.9. The number of ether oxygens (including phenoxy) is 1. The summed E-state index contributed by atoms with van der Waals surface area (Å²) in [6.45, 7) is 3.11. The highest BCUT2D eigenvalue weighted by Crippen LogP contribution is 2.19. The van der Waals surface area contributed by atoms with Gasteiger partial charge in [-0.2, -0.15) is 5.10 Å². The number of nitrogens with one attached hydrogen (secondary N) is 1. The summed E-state index contributed by atoms with van der Waals surface area (Å²) in [4.78, 5) is 19.7. The van der Waals surface area contributed by atoms with Gasteiger partial charge in [0.2, 0.25) is 0 Å². The summed E-state index contributed by atoms with van der Waals surface area (Å²) in [5, 5.41) is 8.42. The summed E-state index contributed by atoms with van der Waals surface area (Å²) in [7, 11) is 0. The lowest BCUT2D eigenvalue weighted by Crippen LogP contribution is -2.31. The Morgan fingerprint density at radius 1 is 1.25 bits per heavy atom. The lowest BCUT2D eigenvalue weighted by molar-refractivity contribution is 0.272. The van der Waals surface area contributed by atoms with Crippen LogP contribution in [0.1, 0.15) is 12.5 Å². The molecule has 0 bridgehead atoms. The summed E-state index contributed by atoms with van der Waals surface area (Å²) in [5.74, 6) is 1.39. The van der Waals surface area contributed by atoms with Crippen LogP contribution in [0.15, 0.2) is 70.5 Å². The topological polar surface area (TPSA) is 95.1 Å². The van der Waals surface area contributed by atoms with Gasteiger partial charge in [-0.25, -0.2) is 19.4 Å². The molecule has 4 aromatic rings. The fourth-order valence-corrected chi connectivity index (χ4v) is 2.79. The van der Waals surface area contributed by atoms with Crippen LogP contribution in [-0.2, 0) is 6.54 Å². The number of benzene rings is 1. The van der Waals surface area contributed by atoms with Crippen molar-refractivity contribution >= 4 is 11.0 Å². The van der Waals surface area contributed by atoms with Crippen LogP contribution in [-0.4, -0.2) is 32.4 Å². The van der Waals surface area contributed by atoms with Gasteiger partial charge in [-0.15, -0.1) is 0 Å².